The third-order valence-corrected chi connectivity index (χ3v) is 3.11. The topological polar surface area (TPSA) is 46.2 Å². The molecule has 2 aromatic rings. The molecular weight excluding hydrogens is 246 g/mol. The Hall–Kier alpha value is -1.81. The Balaban J connectivity index is 2.09. The van der Waals surface area contributed by atoms with Crippen LogP contribution in [0.1, 0.15) is 11.1 Å². The van der Waals surface area contributed by atoms with Crippen LogP contribution in [0.4, 0.5) is 5.69 Å². The zero-order chi connectivity index (χ0) is 13.0. The van der Waals surface area contributed by atoms with Gasteiger partial charge in [0.1, 0.15) is 0 Å². The van der Waals surface area contributed by atoms with Crippen molar-refractivity contribution in [3.8, 4) is 0 Å². The predicted molar refractivity (Wildman–Crippen MR) is 74.2 cm³/mol. The van der Waals surface area contributed by atoms with Crippen molar-refractivity contribution < 1.29 is 8.42 Å². The Morgan fingerprint density at radius 1 is 0.889 bits per heavy atom. The molecule has 4 heteroatoms. The standard InChI is InChI=1S/C14H15NO2S/c1-18(16,17)15-14-9-7-13(8-10-14)11-12-5-3-2-4-6-12/h2-10,15H,11H2,1H3. The van der Waals surface area contributed by atoms with E-state index in [1.165, 1.54) is 5.56 Å². The molecule has 0 heterocycles. The summed E-state index contributed by atoms with van der Waals surface area (Å²) in [5, 5.41) is 0. The number of hydrogen-bond acceptors (Lipinski definition) is 2. The lowest BCUT2D eigenvalue weighted by Crippen LogP contribution is -2.09. The molecule has 1 N–H and O–H groups in total. The van der Waals surface area contributed by atoms with E-state index in [-0.39, 0.29) is 0 Å². The molecule has 2 rings (SSSR count). The third kappa shape index (κ3) is 3.89. The van der Waals surface area contributed by atoms with Crippen molar-refractivity contribution in [3.63, 3.8) is 0 Å². The second-order valence-electron chi connectivity index (χ2n) is 4.23. The molecule has 94 valence electrons. The Labute approximate surface area is 108 Å². The molecule has 0 saturated carbocycles. The van der Waals surface area contributed by atoms with Gasteiger partial charge >= 0.3 is 0 Å². The van der Waals surface area contributed by atoms with Crippen LogP contribution in [0, 0.1) is 0 Å². The van der Waals surface area contributed by atoms with Gasteiger partial charge in [-0.25, -0.2) is 8.42 Å². The van der Waals surface area contributed by atoms with Gasteiger partial charge in [0.15, 0.2) is 0 Å². The van der Waals surface area contributed by atoms with E-state index in [1.54, 1.807) is 12.1 Å². The fourth-order valence-electron chi connectivity index (χ4n) is 1.74. The molecule has 0 spiro atoms. The maximum atomic E-state index is 11.1. The van der Waals surface area contributed by atoms with Crippen LogP contribution in [0.2, 0.25) is 0 Å². The molecule has 3 nitrogen and oxygen atoms in total. The maximum Gasteiger partial charge on any atom is 0.229 e. The molecule has 0 saturated heterocycles. The predicted octanol–water partition coefficient (Wildman–Crippen LogP) is 2.65. The van der Waals surface area contributed by atoms with Gasteiger partial charge in [-0.15, -0.1) is 0 Å². The van der Waals surface area contributed by atoms with Crippen molar-refractivity contribution in [3.05, 3.63) is 65.7 Å². The lowest BCUT2D eigenvalue weighted by atomic mass is 10.1. The number of hydrogen-bond donors (Lipinski definition) is 1. The highest BCUT2D eigenvalue weighted by molar-refractivity contribution is 7.92. The van der Waals surface area contributed by atoms with Gasteiger partial charge in [-0.05, 0) is 29.7 Å². The molecule has 0 aliphatic rings. The van der Waals surface area contributed by atoms with Crippen LogP contribution in [-0.4, -0.2) is 14.7 Å². The second kappa shape index (κ2) is 5.23. The Bertz CT molecular complexity index is 604. The molecule has 0 amide bonds. The molecule has 0 unspecified atom stereocenters. The van der Waals surface area contributed by atoms with E-state index < -0.39 is 10.0 Å². The largest absolute Gasteiger partial charge is 0.284 e. The Morgan fingerprint density at radius 3 is 2.00 bits per heavy atom. The van der Waals surface area contributed by atoms with Gasteiger partial charge in [-0.1, -0.05) is 42.5 Å². The minimum absolute atomic E-state index is 0.592. The van der Waals surface area contributed by atoms with Gasteiger partial charge in [0.25, 0.3) is 0 Å². The van der Waals surface area contributed by atoms with Crippen LogP contribution < -0.4 is 4.72 Å². The summed E-state index contributed by atoms with van der Waals surface area (Å²) in [4.78, 5) is 0. The highest BCUT2D eigenvalue weighted by atomic mass is 32.2. The van der Waals surface area contributed by atoms with Crippen molar-refractivity contribution in [1.82, 2.24) is 0 Å². The minimum Gasteiger partial charge on any atom is -0.284 e. The van der Waals surface area contributed by atoms with Crippen LogP contribution in [-0.2, 0) is 16.4 Å². The smallest absolute Gasteiger partial charge is 0.229 e. The van der Waals surface area contributed by atoms with E-state index in [0.29, 0.717) is 5.69 Å². The molecule has 18 heavy (non-hydrogen) atoms. The van der Waals surface area contributed by atoms with Crippen LogP contribution in [0.3, 0.4) is 0 Å². The molecule has 0 aliphatic heterocycles. The maximum absolute atomic E-state index is 11.1. The first-order chi connectivity index (χ1) is 8.53. The first kappa shape index (κ1) is 12.6. The fraction of sp³-hybridized carbons (Fsp3) is 0.143. The van der Waals surface area contributed by atoms with Crippen LogP contribution in [0.15, 0.2) is 54.6 Å². The average Bonchev–Trinajstić information content (AvgIpc) is 2.31. The van der Waals surface area contributed by atoms with E-state index in [4.69, 9.17) is 0 Å². The van der Waals surface area contributed by atoms with Gasteiger partial charge in [-0.3, -0.25) is 4.72 Å². The Morgan fingerprint density at radius 2 is 1.44 bits per heavy atom. The van der Waals surface area contributed by atoms with Gasteiger partial charge < -0.3 is 0 Å². The van der Waals surface area contributed by atoms with Crippen LogP contribution in [0.25, 0.3) is 0 Å². The van der Waals surface area contributed by atoms with Crippen molar-refractivity contribution in [1.29, 1.82) is 0 Å². The SMILES string of the molecule is CS(=O)(=O)Nc1ccc(Cc2ccccc2)cc1. The van der Waals surface area contributed by atoms with E-state index >= 15 is 0 Å². The molecule has 0 bridgehead atoms. The van der Waals surface area contributed by atoms with Crippen LogP contribution >= 0.6 is 0 Å². The van der Waals surface area contributed by atoms with Gasteiger partial charge in [-0.2, -0.15) is 0 Å². The molecular formula is C14H15NO2S. The van der Waals surface area contributed by atoms with Gasteiger partial charge in [0, 0.05) is 5.69 Å². The van der Waals surface area contributed by atoms with Crippen molar-refractivity contribution in [2.75, 3.05) is 11.0 Å². The highest BCUT2D eigenvalue weighted by Gasteiger charge is 2.01. The summed E-state index contributed by atoms with van der Waals surface area (Å²) >= 11 is 0. The number of nitrogens with one attached hydrogen (secondary N) is 1. The summed E-state index contributed by atoms with van der Waals surface area (Å²) in [7, 11) is -3.20. The molecule has 2 aromatic carbocycles. The molecule has 0 aromatic heterocycles. The van der Waals surface area contributed by atoms with Crippen molar-refractivity contribution in [2.45, 2.75) is 6.42 Å². The first-order valence-corrected chi connectivity index (χ1v) is 7.53. The summed E-state index contributed by atoms with van der Waals surface area (Å²) in [6, 6.07) is 17.6. The summed E-state index contributed by atoms with van der Waals surface area (Å²) in [5.74, 6) is 0. The number of rotatable bonds is 4. The zero-order valence-electron chi connectivity index (χ0n) is 10.1. The van der Waals surface area contributed by atoms with Crippen LogP contribution in [0.5, 0.6) is 0 Å². The van der Waals surface area contributed by atoms with E-state index in [2.05, 4.69) is 16.9 Å². The molecule has 0 radical (unpaired) electrons. The normalized spacial score (nSPS) is 11.2. The van der Waals surface area contributed by atoms with Gasteiger partial charge in [0.2, 0.25) is 10.0 Å². The highest BCUT2D eigenvalue weighted by Crippen LogP contribution is 2.14. The van der Waals surface area contributed by atoms with Crippen molar-refractivity contribution >= 4 is 15.7 Å². The first-order valence-electron chi connectivity index (χ1n) is 5.63. The monoisotopic (exact) mass is 261 g/mol. The number of benzene rings is 2. The summed E-state index contributed by atoms with van der Waals surface area (Å²) in [5.41, 5.74) is 2.98. The molecule has 0 atom stereocenters. The zero-order valence-corrected chi connectivity index (χ0v) is 10.9. The Kier molecular flexibility index (Phi) is 3.67. The van der Waals surface area contributed by atoms with Crippen molar-refractivity contribution in [2.24, 2.45) is 0 Å². The lowest BCUT2D eigenvalue weighted by Gasteiger charge is -2.05. The van der Waals surface area contributed by atoms with Gasteiger partial charge in [0.05, 0.1) is 6.26 Å². The van der Waals surface area contributed by atoms with E-state index in [0.717, 1.165) is 18.2 Å². The summed E-state index contributed by atoms with van der Waals surface area (Å²) in [6.45, 7) is 0. The van der Waals surface area contributed by atoms with E-state index in [9.17, 15) is 8.42 Å². The molecule has 0 fully saturated rings. The molecule has 0 aliphatic carbocycles. The number of anilines is 1. The summed E-state index contributed by atoms with van der Waals surface area (Å²) < 4.78 is 24.6. The second-order valence-corrected chi connectivity index (χ2v) is 5.98. The third-order valence-electron chi connectivity index (χ3n) is 2.51. The van der Waals surface area contributed by atoms with E-state index in [1.807, 2.05) is 30.3 Å². The summed E-state index contributed by atoms with van der Waals surface area (Å²) in [6.07, 6.45) is 1.99. The average molecular weight is 261 g/mol. The lowest BCUT2D eigenvalue weighted by molar-refractivity contribution is 0.607. The number of sulfonamides is 1. The quantitative estimate of drug-likeness (QED) is 0.919. The minimum atomic E-state index is -3.20. The fourth-order valence-corrected chi connectivity index (χ4v) is 2.30.